The largest absolute Gasteiger partial charge is 0.508 e. The first kappa shape index (κ1) is 16.2. The second-order valence-electron chi connectivity index (χ2n) is 4.55. The van der Waals surface area contributed by atoms with Crippen LogP contribution in [0, 0.1) is 0 Å². The maximum absolute atomic E-state index is 12.0. The highest BCUT2D eigenvalue weighted by Gasteiger charge is 2.11. The van der Waals surface area contributed by atoms with E-state index in [1.54, 1.807) is 0 Å². The molecule has 0 spiro atoms. The first-order chi connectivity index (χ1) is 10.9. The first-order valence-corrected chi connectivity index (χ1v) is 6.97. The van der Waals surface area contributed by atoms with Crippen molar-refractivity contribution in [1.82, 2.24) is 0 Å². The zero-order chi connectivity index (χ0) is 17.1. The number of aromatic hydroxyl groups is 4. The van der Waals surface area contributed by atoms with Gasteiger partial charge in [-0.3, -0.25) is 4.79 Å². The van der Waals surface area contributed by atoms with Gasteiger partial charge in [-0.05, 0) is 18.2 Å². The molecular weight excluding hydrogens is 300 g/mol. The standard InChI is InChI=1S/C15H10O6.C2H6/c16-8-1-7(2-9(17)3-8)14-5-11(18)10-4-12(19)13(20)6-15(10)21-14;1-2/h1-6,16-17,19-20H;1-2H3. The van der Waals surface area contributed by atoms with Crippen molar-refractivity contribution >= 4 is 11.0 Å². The number of rotatable bonds is 1. The summed E-state index contributed by atoms with van der Waals surface area (Å²) in [4.78, 5) is 12.0. The molecule has 23 heavy (non-hydrogen) atoms. The summed E-state index contributed by atoms with van der Waals surface area (Å²) in [7, 11) is 0. The normalized spacial score (nSPS) is 10.2. The van der Waals surface area contributed by atoms with Crippen LogP contribution >= 0.6 is 0 Å². The fraction of sp³-hybridized carbons (Fsp3) is 0.118. The van der Waals surface area contributed by atoms with E-state index in [4.69, 9.17) is 4.42 Å². The van der Waals surface area contributed by atoms with E-state index >= 15 is 0 Å². The highest BCUT2D eigenvalue weighted by Crippen LogP contribution is 2.32. The lowest BCUT2D eigenvalue weighted by molar-refractivity contribution is 0.403. The molecule has 6 heteroatoms. The van der Waals surface area contributed by atoms with E-state index in [-0.39, 0.29) is 28.2 Å². The highest BCUT2D eigenvalue weighted by atomic mass is 16.3. The minimum absolute atomic E-state index is 0.0793. The quantitative estimate of drug-likeness (QED) is 0.513. The zero-order valence-corrected chi connectivity index (χ0v) is 12.6. The summed E-state index contributed by atoms with van der Waals surface area (Å²) in [5.41, 5.74) is -0.0425. The molecule has 3 rings (SSSR count). The molecular formula is C17H16O6. The summed E-state index contributed by atoms with van der Waals surface area (Å²) in [6.07, 6.45) is 0. The van der Waals surface area contributed by atoms with Gasteiger partial charge in [-0.15, -0.1) is 0 Å². The maximum atomic E-state index is 12.0. The number of benzene rings is 2. The van der Waals surface area contributed by atoms with Crippen LogP contribution in [0.2, 0.25) is 0 Å². The maximum Gasteiger partial charge on any atom is 0.193 e. The van der Waals surface area contributed by atoms with Gasteiger partial charge in [-0.2, -0.15) is 0 Å². The molecule has 4 N–H and O–H groups in total. The van der Waals surface area contributed by atoms with Gasteiger partial charge in [0.1, 0.15) is 22.8 Å². The van der Waals surface area contributed by atoms with Gasteiger partial charge in [0.25, 0.3) is 0 Å². The van der Waals surface area contributed by atoms with Crippen LogP contribution in [0.3, 0.4) is 0 Å². The molecule has 0 bridgehead atoms. The van der Waals surface area contributed by atoms with E-state index in [9.17, 15) is 25.2 Å². The lowest BCUT2D eigenvalue weighted by Gasteiger charge is -2.06. The summed E-state index contributed by atoms with van der Waals surface area (Å²) >= 11 is 0. The zero-order valence-electron chi connectivity index (χ0n) is 12.6. The second-order valence-corrected chi connectivity index (χ2v) is 4.55. The molecule has 0 fully saturated rings. The minimum atomic E-state index is -0.426. The van der Waals surface area contributed by atoms with Gasteiger partial charge < -0.3 is 24.8 Å². The Kier molecular flexibility index (Phi) is 4.45. The molecule has 0 atom stereocenters. The van der Waals surface area contributed by atoms with Gasteiger partial charge in [0.2, 0.25) is 0 Å². The van der Waals surface area contributed by atoms with E-state index < -0.39 is 16.9 Å². The fourth-order valence-electron chi connectivity index (χ4n) is 2.06. The van der Waals surface area contributed by atoms with Gasteiger partial charge in [0, 0.05) is 23.8 Å². The number of phenolic OH excluding ortho intramolecular Hbond substituents is 4. The molecule has 0 aliphatic rings. The van der Waals surface area contributed by atoms with E-state index in [0.717, 1.165) is 18.2 Å². The van der Waals surface area contributed by atoms with Crippen molar-refractivity contribution in [3.8, 4) is 34.3 Å². The molecule has 0 aliphatic carbocycles. The molecule has 1 aromatic heterocycles. The third kappa shape index (κ3) is 3.21. The van der Waals surface area contributed by atoms with Gasteiger partial charge in [-0.25, -0.2) is 0 Å². The molecule has 6 nitrogen and oxygen atoms in total. The predicted octanol–water partition coefficient (Wildman–Crippen LogP) is 3.31. The Labute approximate surface area is 131 Å². The van der Waals surface area contributed by atoms with E-state index in [1.807, 2.05) is 13.8 Å². The van der Waals surface area contributed by atoms with Crippen molar-refractivity contribution < 1.29 is 24.8 Å². The Bertz CT molecular complexity index is 891. The molecule has 0 radical (unpaired) electrons. The average Bonchev–Trinajstić information content (AvgIpc) is 2.50. The van der Waals surface area contributed by atoms with Crippen LogP contribution < -0.4 is 5.43 Å². The lowest BCUT2D eigenvalue weighted by Crippen LogP contribution is -2.00. The van der Waals surface area contributed by atoms with Crippen LogP contribution in [0.1, 0.15) is 13.8 Å². The molecule has 0 amide bonds. The van der Waals surface area contributed by atoms with Crippen LogP contribution in [0.15, 0.2) is 45.6 Å². The van der Waals surface area contributed by atoms with Gasteiger partial charge in [-0.1, -0.05) is 13.8 Å². The Hall–Kier alpha value is -3.15. The third-order valence-corrected chi connectivity index (χ3v) is 3.01. The fourth-order valence-corrected chi connectivity index (χ4v) is 2.06. The third-order valence-electron chi connectivity index (χ3n) is 3.01. The van der Waals surface area contributed by atoms with Crippen LogP contribution in [-0.4, -0.2) is 20.4 Å². The van der Waals surface area contributed by atoms with Crippen molar-refractivity contribution in [3.63, 3.8) is 0 Å². The van der Waals surface area contributed by atoms with Crippen molar-refractivity contribution in [3.05, 3.63) is 46.6 Å². The van der Waals surface area contributed by atoms with Gasteiger partial charge in [0.05, 0.1) is 5.39 Å². The van der Waals surface area contributed by atoms with Crippen LogP contribution in [0.25, 0.3) is 22.3 Å². The Morgan fingerprint density at radius 3 is 1.96 bits per heavy atom. The van der Waals surface area contributed by atoms with Gasteiger partial charge >= 0.3 is 0 Å². The van der Waals surface area contributed by atoms with Gasteiger partial charge in [0.15, 0.2) is 16.9 Å². The van der Waals surface area contributed by atoms with Crippen molar-refractivity contribution in [1.29, 1.82) is 0 Å². The van der Waals surface area contributed by atoms with E-state index in [1.165, 1.54) is 18.2 Å². The Balaban J connectivity index is 0.000000924. The molecule has 1 heterocycles. The van der Waals surface area contributed by atoms with Crippen molar-refractivity contribution in [2.45, 2.75) is 13.8 Å². The molecule has 0 unspecified atom stereocenters. The molecule has 2 aromatic carbocycles. The minimum Gasteiger partial charge on any atom is -0.508 e. The molecule has 3 aromatic rings. The number of phenols is 4. The number of hydrogen-bond donors (Lipinski definition) is 4. The molecule has 120 valence electrons. The Morgan fingerprint density at radius 2 is 1.35 bits per heavy atom. The summed E-state index contributed by atoms with van der Waals surface area (Å²) in [6.45, 7) is 4.00. The average molecular weight is 316 g/mol. The van der Waals surface area contributed by atoms with Crippen molar-refractivity contribution in [2.24, 2.45) is 0 Å². The van der Waals surface area contributed by atoms with Crippen LogP contribution in [0.5, 0.6) is 23.0 Å². The predicted molar refractivity (Wildman–Crippen MR) is 85.9 cm³/mol. The van der Waals surface area contributed by atoms with Crippen LogP contribution in [0.4, 0.5) is 0 Å². The smallest absolute Gasteiger partial charge is 0.193 e. The van der Waals surface area contributed by atoms with Crippen molar-refractivity contribution in [2.75, 3.05) is 0 Å². The first-order valence-electron chi connectivity index (χ1n) is 6.97. The second kappa shape index (κ2) is 6.31. The topological polar surface area (TPSA) is 111 Å². The molecule has 0 saturated carbocycles. The SMILES string of the molecule is CC.O=c1cc(-c2cc(O)cc(O)c2)oc2cc(O)c(O)cc12. The summed E-state index contributed by atoms with van der Waals surface area (Å²) in [5, 5.41) is 37.9. The molecule has 0 saturated heterocycles. The molecule has 0 aliphatic heterocycles. The van der Waals surface area contributed by atoms with E-state index in [2.05, 4.69) is 0 Å². The number of fused-ring (bicyclic) bond motifs is 1. The Morgan fingerprint density at radius 1 is 0.783 bits per heavy atom. The van der Waals surface area contributed by atoms with E-state index in [0.29, 0.717) is 5.56 Å². The summed E-state index contributed by atoms with van der Waals surface area (Å²) < 4.78 is 5.48. The summed E-state index contributed by atoms with van der Waals surface area (Å²) in [6, 6.07) is 7.20. The van der Waals surface area contributed by atoms with Crippen LogP contribution in [-0.2, 0) is 0 Å². The summed E-state index contributed by atoms with van der Waals surface area (Å²) in [5.74, 6) is -1.08. The lowest BCUT2D eigenvalue weighted by atomic mass is 10.1. The number of hydrogen-bond acceptors (Lipinski definition) is 6. The monoisotopic (exact) mass is 316 g/mol. The highest BCUT2D eigenvalue weighted by molar-refractivity contribution is 5.82.